The SMILES string of the molecule is CCCc1ccc(NC(=O)CCNc2ccc(S(N)(=O)=O)cc2[N+](=O)[O-])cc1. The van der Waals surface area contributed by atoms with Gasteiger partial charge in [-0.1, -0.05) is 25.5 Å². The van der Waals surface area contributed by atoms with Crippen molar-refractivity contribution < 1.29 is 18.1 Å². The van der Waals surface area contributed by atoms with Gasteiger partial charge in [0.05, 0.1) is 9.82 Å². The number of anilines is 2. The summed E-state index contributed by atoms with van der Waals surface area (Å²) in [4.78, 5) is 22.1. The maximum atomic E-state index is 12.0. The number of primary sulfonamides is 1. The molecular formula is C18H22N4O5S. The number of nitrogens with two attached hydrogens (primary N) is 1. The number of hydrogen-bond donors (Lipinski definition) is 3. The molecule has 4 N–H and O–H groups in total. The van der Waals surface area contributed by atoms with Crippen molar-refractivity contribution >= 4 is 33.0 Å². The van der Waals surface area contributed by atoms with Crippen molar-refractivity contribution in [2.45, 2.75) is 31.1 Å². The number of nitrogens with zero attached hydrogens (tertiary/aromatic N) is 1. The van der Waals surface area contributed by atoms with E-state index in [2.05, 4.69) is 17.6 Å². The van der Waals surface area contributed by atoms with Gasteiger partial charge < -0.3 is 10.6 Å². The fraction of sp³-hybridized carbons (Fsp3) is 0.278. The molecule has 0 bridgehead atoms. The topological polar surface area (TPSA) is 144 Å². The lowest BCUT2D eigenvalue weighted by molar-refractivity contribution is -0.384. The molecule has 9 nitrogen and oxygen atoms in total. The lowest BCUT2D eigenvalue weighted by atomic mass is 10.1. The highest BCUT2D eigenvalue weighted by Crippen LogP contribution is 2.27. The van der Waals surface area contributed by atoms with Gasteiger partial charge in [0.2, 0.25) is 15.9 Å². The molecule has 0 aromatic heterocycles. The fourth-order valence-corrected chi connectivity index (χ4v) is 3.10. The van der Waals surface area contributed by atoms with Gasteiger partial charge in [0.1, 0.15) is 5.69 Å². The van der Waals surface area contributed by atoms with Gasteiger partial charge in [0, 0.05) is 24.7 Å². The second kappa shape index (κ2) is 9.29. The monoisotopic (exact) mass is 406 g/mol. The van der Waals surface area contributed by atoms with Crippen LogP contribution in [-0.2, 0) is 21.2 Å². The van der Waals surface area contributed by atoms with Crippen LogP contribution in [0.4, 0.5) is 17.1 Å². The number of carbonyl (C=O) groups excluding carboxylic acids is 1. The van der Waals surface area contributed by atoms with Crippen molar-refractivity contribution in [2.75, 3.05) is 17.2 Å². The van der Waals surface area contributed by atoms with Crippen LogP contribution in [0, 0.1) is 10.1 Å². The van der Waals surface area contributed by atoms with E-state index in [-0.39, 0.29) is 29.5 Å². The van der Waals surface area contributed by atoms with Crippen LogP contribution in [0.15, 0.2) is 47.4 Å². The molecule has 0 aliphatic rings. The Morgan fingerprint density at radius 2 is 1.86 bits per heavy atom. The summed E-state index contributed by atoms with van der Waals surface area (Å²) in [6.07, 6.45) is 2.09. The Morgan fingerprint density at radius 1 is 1.18 bits per heavy atom. The minimum Gasteiger partial charge on any atom is -0.379 e. The molecule has 10 heteroatoms. The predicted molar refractivity (Wildman–Crippen MR) is 107 cm³/mol. The zero-order chi connectivity index (χ0) is 20.7. The van der Waals surface area contributed by atoms with Crippen LogP contribution < -0.4 is 15.8 Å². The van der Waals surface area contributed by atoms with Gasteiger partial charge in [-0.2, -0.15) is 0 Å². The van der Waals surface area contributed by atoms with Gasteiger partial charge in [-0.25, -0.2) is 13.6 Å². The summed E-state index contributed by atoms with van der Waals surface area (Å²) in [5.74, 6) is -0.250. The van der Waals surface area contributed by atoms with Gasteiger partial charge in [-0.15, -0.1) is 0 Å². The van der Waals surface area contributed by atoms with Crippen LogP contribution >= 0.6 is 0 Å². The van der Waals surface area contributed by atoms with E-state index < -0.39 is 20.6 Å². The fourth-order valence-electron chi connectivity index (χ4n) is 2.57. The normalized spacial score (nSPS) is 11.1. The van der Waals surface area contributed by atoms with E-state index in [1.165, 1.54) is 17.7 Å². The quantitative estimate of drug-likeness (QED) is 0.431. The maximum Gasteiger partial charge on any atom is 0.293 e. The summed E-state index contributed by atoms with van der Waals surface area (Å²) < 4.78 is 22.7. The largest absolute Gasteiger partial charge is 0.379 e. The Labute approximate surface area is 163 Å². The van der Waals surface area contributed by atoms with Crippen LogP contribution in [0.25, 0.3) is 0 Å². The number of sulfonamides is 1. The molecule has 28 heavy (non-hydrogen) atoms. The number of nitro benzene ring substituents is 1. The van der Waals surface area contributed by atoms with Gasteiger partial charge in [0.15, 0.2) is 0 Å². The number of rotatable bonds is 9. The molecule has 1 amide bonds. The van der Waals surface area contributed by atoms with E-state index in [1.54, 1.807) is 0 Å². The Kier molecular flexibility index (Phi) is 7.07. The number of nitro groups is 1. The summed E-state index contributed by atoms with van der Waals surface area (Å²) in [6, 6.07) is 10.9. The molecule has 2 rings (SSSR count). The summed E-state index contributed by atoms with van der Waals surface area (Å²) in [5.41, 5.74) is 1.54. The standard InChI is InChI=1S/C18H22N4O5S/c1-2-3-13-4-6-14(7-5-13)21-18(23)10-11-20-16-9-8-15(28(19,26)27)12-17(16)22(24)25/h4-9,12,20H,2-3,10-11H2,1H3,(H,21,23)(H2,19,26,27). The van der Waals surface area contributed by atoms with E-state index in [1.807, 2.05) is 24.3 Å². The lowest BCUT2D eigenvalue weighted by Crippen LogP contribution is -2.17. The van der Waals surface area contributed by atoms with Crippen LogP contribution in [-0.4, -0.2) is 25.8 Å². The van der Waals surface area contributed by atoms with E-state index in [4.69, 9.17) is 5.14 Å². The first-order chi connectivity index (χ1) is 13.2. The first kappa shape index (κ1) is 21.3. The summed E-state index contributed by atoms with van der Waals surface area (Å²) in [7, 11) is -4.05. The summed E-state index contributed by atoms with van der Waals surface area (Å²) in [6.45, 7) is 2.23. The van der Waals surface area contributed by atoms with E-state index in [9.17, 15) is 23.3 Å². The number of amides is 1. The summed E-state index contributed by atoms with van der Waals surface area (Å²) in [5, 5.41) is 21.7. The molecule has 0 spiro atoms. The van der Waals surface area contributed by atoms with Crippen LogP contribution in [0.1, 0.15) is 25.3 Å². The average Bonchev–Trinajstić information content (AvgIpc) is 2.62. The average molecular weight is 406 g/mol. The maximum absolute atomic E-state index is 12.0. The highest BCUT2D eigenvalue weighted by Gasteiger charge is 2.19. The third-order valence-corrected chi connectivity index (χ3v) is 4.85. The third kappa shape index (κ3) is 6.03. The van der Waals surface area contributed by atoms with Gasteiger partial charge in [-0.05, 0) is 36.2 Å². The molecule has 0 radical (unpaired) electrons. The van der Waals surface area contributed by atoms with Crippen molar-refractivity contribution in [2.24, 2.45) is 5.14 Å². The molecule has 0 fully saturated rings. The molecule has 150 valence electrons. The van der Waals surface area contributed by atoms with Gasteiger partial charge in [0.25, 0.3) is 5.69 Å². The molecule has 2 aromatic carbocycles. The predicted octanol–water partition coefficient (Wildman–Crippen LogP) is 2.64. The van der Waals surface area contributed by atoms with E-state index in [0.717, 1.165) is 18.9 Å². The minimum atomic E-state index is -4.05. The van der Waals surface area contributed by atoms with Crippen molar-refractivity contribution in [1.82, 2.24) is 0 Å². The number of hydrogen-bond acceptors (Lipinski definition) is 6. The smallest absolute Gasteiger partial charge is 0.293 e. The molecule has 0 aliphatic heterocycles. The van der Waals surface area contributed by atoms with Gasteiger partial charge >= 0.3 is 0 Å². The number of benzene rings is 2. The van der Waals surface area contributed by atoms with Crippen molar-refractivity contribution in [1.29, 1.82) is 0 Å². The Balaban J connectivity index is 1.95. The first-order valence-corrected chi connectivity index (χ1v) is 10.2. The zero-order valence-corrected chi connectivity index (χ0v) is 16.2. The second-order valence-electron chi connectivity index (χ2n) is 6.15. The second-order valence-corrected chi connectivity index (χ2v) is 7.71. The zero-order valence-electron chi connectivity index (χ0n) is 15.3. The summed E-state index contributed by atoms with van der Waals surface area (Å²) >= 11 is 0. The van der Waals surface area contributed by atoms with Crippen molar-refractivity contribution in [3.8, 4) is 0 Å². The Bertz CT molecular complexity index is 958. The van der Waals surface area contributed by atoms with Crippen LogP contribution in [0.3, 0.4) is 0 Å². The molecule has 2 aromatic rings. The first-order valence-electron chi connectivity index (χ1n) is 8.64. The van der Waals surface area contributed by atoms with Gasteiger partial charge in [-0.3, -0.25) is 14.9 Å². The Hall–Kier alpha value is -2.98. The molecule has 0 saturated carbocycles. The molecule has 0 saturated heterocycles. The number of carbonyl (C=O) groups is 1. The molecular weight excluding hydrogens is 384 g/mol. The molecule has 0 heterocycles. The Morgan fingerprint density at radius 3 is 2.43 bits per heavy atom. The van der Waals surface area contributed by atoms with Crippen molar-refractivity contribution in [3.05, 3.63) is 58.1 Å². The number of nitrogens with one attached hydrogen (secondary N) is 2. The highest BCUT2D eigenvalue weighted by atomic mass is 32.2. The number of aryl methyl sites for hydroxylation is 1. The van der Waals surface area contributed by atoms with Crippen LogP contribution in [0.2, 0.25) is 0 Å². The van der Waals surface area contributed by atoms with Crippen LogP contribution in [0.5, 0.6) is 0 Å². The van der Waals surface area contributed by atoms with E-state index in [0.29, 0.717) is 5.69 Å². The molecule has 0 aliphatic carbocycles. The minimum absolute atomic E-state index is 0.0742. The lowest BCUT2D eigenvalue weighted by Gasteiger charge is -2.09. The third-order valence-electron chi connectivity index (χ3n) is 3.94. The molecule has 0 atom stereocenters. The highest BCUT2D eigenvalue weighted by molar-refractivity contribution is 7.89. The van der Waals surface area contributed by atoms with E-state index >= 15 is 0 Å². The molecule has 0 unspecified atom stereocenters. The van der Waals surface area contributed by atoms with Crippen molar-refractivity contribution in [3.63, 3.8) is 0 Å².